The van der Waals surface area contributed by atoms with E-state index in [9.17, 15) is 9.59 Å². The maximum atomic E-state index is 12.2. The van der Waals surface area contributed by atoms with E-state index in [0.29, 0.717) is 5.56 Å². The van der Waals surface area contributed by atoms with Crippen LogP contribution in [-0.2, 0) is 6.42 Å². The van der Waals surface area contributed by atoms with Crippen LogP contribution in [0.15, 0.2) is 42.6 Å². The zero-order valence-corrected chi connectivity index (χ0v) is 15.2. The third-order valence-electron chi connectivity index (χ3n) is 3.78. The highest BCUT2D eigenvalue weighted by Crippen LogP contribution is 2.15. The summed E-state index contributed by atoms with van der Waals surface area (Å²) in [6, 6.07) is 10.7. The molecule has 26 heavy (non-hydrogen) atoms. The molecule has 1 heterocycles. The Bertz CT molecular complexity index is 739. The van der Waals surface area contributed by atoms with Gasteiger partial charge in [0.2, 0.25) is 0 Å². The average Bonchev–Trinajstić information content (AvgIpc) is 2.60. The Hall–Kier alpha value is -2.89. The van der Waals surface area contributed by atoms with Crippen LogP contribution in [0.25, 0.3) is 0 Å². The number of aryl methyl sites for hydroxylation is 1. The van der Waals surface area contributed by atoms with Crippen LogP contribution < -0.4 is 10.1 Å². The molecule has 0 fully saturated rings. The van der Waals surface area contributed by atoms with Crippen LogP contribution in [0.2, 0.25) is 0 Å². The number of nitrogens with zero attached hydrogens (tertiary/aromatic N) is 1. The molecular weight excluding hydrogens is 332 g/mol. The van der Waals surface area contributed by atoms with Gasteiger partial charge in [-0.05, 0) is 63.4 Å². The number of carboxylic acid groups (broad SMARTS) is 1. The average molecular weight is 356 g/mol. The maximum Gasteiger partial charge on any atom is 0.354 e. The third kappa shape index (κ3) is 5.88. The molecule has 0 saturated heterocycles. The molecule has 1 aromatic carbocycles. The summed E-state index contributed by atoms with van der Waals surface area (Å²) in [4.78, 5) is 26.7. The molecule has 1 atom stereocenters. The minimum Gasteiger partial charge on any atom is -0.491 e. The molecule has 2 rings (SSSR count). The van der Waals surface area contributed by atoms with Crippen molar-refractivity contribution in [2.45, 2.75) is 45.8 Å². The van der Waals surface area contributed by atoms with E-state index in [1.165, 1.54) is 23.9 Å². The molecule has 1 unspecified atom stereocenters. The smallest absolute Gasteiger partial charge is 0.354 e. The number of aromatic carboxylic acids is 1. The van der Waals surface area contributed by atoms with Gasteiger partial charge in [0.25, 0.3) is 5.91 Å². The highest BCUT2D eigenvalue weighted by molar-refractivity contribution is 5.95. The van der Waals surface area contributed by atoms with Crippen LogP contribution in [0, 0.1) is 0 Å². The van der Waals surface area contributed by atoms with Gasteiger partial charge in [-0.15, -0.1) is 0 Å². The number of hydrogen-bond donors (Lipinski definition) is 2. The molecule has 6 nitrogen and oxygen atoms in total. The summed E-state index contributed by atoms with van der Waals surface area (Å²) in [7, 11) is 0. The van der Waals surface area contributed by atoms with Gasteiger partial charge in [-0.25, -0.2) is 9.78 Å². The SMILES string of the molecule is CC(CCc1ccc(OC(C)C)cc1)NC(=O)c1ccc(C(=O)O)nc1. The van der Waals surface area contributed by atoms with Crippen LogP contribution in [0.3, 0.4) is 0 Å². The summed E-state index contributed by atoms with van der Waals surface area (Å²) in [5.41, 5.74) is 1.44. The zero-order valence-electron chi connectivity index (χ0n) is 15.2. The molecule has 6 heteroatoms. The number of nitrogens with one attached hydrogen (secondary N) is 1. The van der Waals surface area contributed by atoms with Gasteiger partial charge >= 0.3 is 5.97 Å². The largest absolute Gasteiger partial charge is 0.491 e. The summed E-state index contributed by atoms with van der Waals surface area (Å²) in [5, 5.41) is 11.7. The molecule has 0 radical (unpaired) electrons. The molecule has 1 aromatic heterocycles. The molecule has 138 valence electrons. The lowest BCUT2D eigenvalue weighted by Crippen LogP contribution is -2.33. The molecule has 0 bridgehead atoms. The monoisotopic (exact) mass is 356 g/mol. The van der Waals surface area contributed by atoms with E-state index in [4.69, 9.17) is 9.84 Å². The number of aromatic nitrogens is 1. The highest BCUT2D eigenvalue weighted by atomic mass is 16.5. The number of carbonyl (C=O) groups is 2. The molecule has 0 saturated carbocycles. The van der Waals surface area contributed by atoms with E-state index in [-0.39, 0.29) is 23.7 Å². The summed E-state index contributed by atoms with van der Waals surface area (Å²) >= 11 is 0. The number of hydrogen-bond acceptors (Lipinski definition) is 4. The first-order chi connectivity index (χ1) is 12.3. The number of ether oxygens (including phenoxy) is 1. The van der Waals surface area contributed by atoms with Crippen molar-refractivity contribution < 1.29 is 19.4 Å². The Morgan fingerprint density at radius 1 is 1.12 bits per heavy atom. The summed E-state index contributed by atoms with van der Waals surface area (Å²) in [5.74, 6) is -0.528. The molecule has 1 amide bonds. The second kappa shape index (κ2) is 8.99. The van der Waals surface area contributed by atoms with Crippen molar-refractivity contribution in [2.75, 3.05) is 0 Å². The number of carboxylic acids is 1. The normalized spacial score (nSPS) is 11.8. The third-order valence-corrected chi connectivity index (χ3v) is 3.78. The van der Waals surface area contributed by atoms with Crippen molar-refractivity contribution in [2.24, 2.45) is 0 Å². The number of rotatable bonds is 8. The number of carbonyl (C=O) groups excluding carboxylic acids is 1. The lowest BCUT2D eigenvalue weighted by atomic mass is 10.1. The predicted molar refractivity (Wildman–Crippen MR) is 98.7 cm³/mol. The first kappa shape index (κ1) is 19.4. The van der Waals surface area contributed by atoms with Crippen LogP contribution in [0.1, 0.15) is 53.6 Å². The molecular formula is C20H24N2O4. The van der Waals surface area contributed by atoms with Crippen molar-refractivity contribution in [1.29, 1.82) is 0 Å². The topological polar surface area (TPSA) is 88.5 Å². The van der Waals surface area contributed by atoms with Gasteiger partial charge in [0.05, 0.1) is 11.7 Å². The fraction of sp³-hybridized carbons (Fsp3) is 0.350. The fourth-order valence-corrected chi connectivity index (χ4v) is 2.42. The van der Waals surface area contributed by atoms with E-state index in [0.717, 1.165) is 18.6 Å². The Morgan fingerprint density at radius 3 is 2.35 bits per heavy atom. The van der Waals surface area contributed by atoms with Crippen molar-refractivity contribution in [3.8, 4) is 5.75 Å². The second-order valence-electron chi connectivity index (χ2n) is 6.46. The van der Waals surface area contributed by atoms with E-state index >= 15 is 0 Å². The van der Waals surface area contributed by atoms with Crippen LogP contribution in [-0.4, -0.2) is 34.1 Å². The van der Waals surface area contributed by atoms with Crippen molar-refractivity contribution >= 4 is 11.9 Å². The number of benzene rings is 1. The van der Waals surface area contributed by atoms with Gasteiger partial charge in [0.15, 0.2) is 0 Å². The second-order valence-corrected chi connectivity index (χ2v) is 6.46. The van der Waals surface area contributed by atoms with Gasteiger partial charge < -0.3 is 15.2 Å². The van der Waals surface area contributed by atoms with Gasteiger partial charge in [0.1, 0.15) is 11.4 Å². The first-order valence-electron chi connectivity index (χ1n) is 8.61. The van der Waals surface area contributed by atoms with Crippen LogP contribution >= 0.6 is 0 Å². The fourth-order valence-electron chi connectivity index (χ4n) is 2.42. The quantitative estimate of drug-likeness (QED) is 0.757. The molecule has 2 N–H and O–H groups in total. The lowest BCUT2D eigenvalue weighted by Gasteiger charge is -2.14. The summed E-state index contributed by atoms with van der Waals surface area (Å²) < 4.78 is 5.62. The van der Waals surface area contributed by atoms with Crippen LogP contribution in [0.5, 0.6) is 5.75 Å². The van der Waals surface area contributed by atoms with E-state index in [1.807, 2.05) is 45.0 Å². The Morgan fingerprint density at radius 2 is 1.81 bits per heavy atom. The Balaban J connectivity index is 1.83. The molecule has 2 aromatic rings. The van der Waals surface area contributed by atoms with E-state index in [1.54, 1.807) is 0 Å². The molecule has 0 aliphatic rings. The van der Waals surface area contributed by atoms with Crippen molar-refractivity contribution in [3.05, 3.63) is 59.4 Å². The van der Waals surface area contributed by atoms with Gasteiger partial charge in [-0.3, -0.25) is 4.79 Å². The van der Waals surface area contributed by atoms with Gasteiger partial charge in [-0.2, -0.15) is 0 Å². The number of amides is 1. The van der Waals surface area contributed by atoms with Gasteiger partial charge in [-0.1, -0.05) is 12.1 Å². The molecule has 0 aliphatic carbocycles. The minimum atomic E-state index is -1.12. The summed E-state index contributed by atoms with van der Waals surface area (Å²) in [6.07, 6.45) is 3.05. The van der Waals surface area contributed by atoms with Crippen LogP contribution in [0.4, 0.5) is 0 Å². The maximum absolute atomic E-state index is 12.2. The minimum absolute atomic E-state index is 0.0201. The molecule has 0 aliphatic heterocycles. The van der Waals surface area contributed by atoms with E-state index in [2.05, 4.69) is 10.3 Å². The number of pyridine rings is 1. The first-order valence-corrected chi connectivity index (χ1v) is 8.61. The zero-order chi connectivity index (χ0) is 19.1. The standard InChI is InChI=1S/C20H24N2O4/c1-13(2)26-17-9-6-15(7-10-17)5-4-14(3)22-19(23)16-8-11-18(20(24)25)21-12-16/h6-14H,4-5H2,1-3H3,(H,22,23)(H,24,25). The lowest BCUT2D eigenvalue weighted by molar-refractivity contribution is 0.0689. The summed E-state index contributed by atoms with van der Waals surface area (Å²) in [6.45, 7) is 5.92. The highest BCUT2D eigenvalue weighted by Gasteiger charge is 2.12. The van der Waals surface area contributed by atoms with Crippen molar-refractivity contribution in [3.63, 3.8) is 0 Å². The van der Waals surface area contributed by atoms with Gasteiger partial charge in [0, 0.05) is 12.2 Å². The Kier molecular flexibility index (Phi) is 6.72. The van der Waals surface area contributed by atoms with Crippen molar-refractivity contribution in [1.82, 2.24) is 10.3 Å². The molecule has 0 spiro atoms. The predicted octanol–water partition coefficient (Wildman–Crippen LogP) is 3.32. The Labute approximate surface area is 153 Å². The van der Waals surface area contributed by atoms with E-state index < -0.39 is 5.97 Å².